The van der Waals surface area contributed by atoms with Gasteiger partial charge in [-0.05, 0) is 25.4 Å². The first-order valence-electron chi connectivity index (χ1n) is 7.71. The number of nitrogens with one attached hydrogen (secondary N) is 3. The monoisotopic (exact) mass is 391 g/mol. The van der Waals surface area contributed by atoms with E-state index in [1.807, 2.05) is 6.26 Å². The average Bonchev–Trinajstić information content (AvgIpc) is 2.55. The number of primary amides is 1. The van der Waals surface area contributed by atoms with Crippen molar-refractivity contribution in [1.82, 2.24) is 16.0 Å². The van der Waals surface area contributed by atoms with E-state index in [1.54, 1.807) is 0 Å². The Hall–Kier alpha value is -2.34. The topological polar surface area (TPSA) is 194 Å². The van der Waals surface area contributed by atoms with Gasteiger partial charge in [-0.25, -0.2) is 0 Å². The molecule has 0 spiro atoms. The number of hydrogen-bond donors (Lipinski definition) is 6. The van der Waals surface area contributed by atoms with Crippen LogP contribution in [-0.2, 0) is 24.0 Å². The van der Waals surface area contributed by atoms with E-state index in [0.29, 0.717) is 5.75 Å². The lowest BCUT2D eigenvalue weighted by molar-refractivity contribution is -0.138. The van der Waals surface area contributed by atoms with Crippen molar-refractivity contribution in [3.8, 4) is 0 Å². The Morgan fingerprint density at radius 3 is 2.19 bits per heavy atom. The first kappa shape index (κ1) is 23.7. The summed E-state index contributed by atoms with van der Waals surface area (Å²) in [6.07, 6.45) is 1.73. The van der Waals surface area contributed by atoms with Crippen molar-refractivity contribution in [3.05, 3.63) is 0 Å². The molecule has 26 heavy (non-hydrogen) atoms. The Morgan fingerprint density at radius 1 is 1.08 bits per heavy atom. The van der Waals surface area contributed by atoms with Crippen LogP contribution in [0.2, 0.25) is 0 Å². The van der Waals surface area contributed by atoms with Gasteiger partial charge in [-0.1, -0.05) is 0 Å². The quantitative estimate of drug-likeness (QED) is 0.204. The van der Waals surface area contributed by atoms with Crippen LogP contribution in [-0.4, -0.2) is 71.4 Å². The zero-order valence-corrected chi connectivity index (χ0v) is 15.4. The van der Waals surface area contributed by atoms with Crippen LogP contribution in [0.3, 0.4) is 0 Å². The highest BCUT2D eigenvalue weighted by molar-refractivity contribution is 7.98. The van der Waals surface area contributed by atoms with Gasteiger partial charge in [0, 0.05) is 0 Å². The fraction of sp³-hybridized carbons (Fsp3) is 0.643. The van der Waals surface area contributed by atoms with Crippen LogP contribution in [0.25, 0.3) is 0 Å². The van der Waals surface area contributed by atoms with E-state index in [1.165, 1.54) is 18.7 Å². The normalized spacial score (nSPS) is 13.8. The van der Waals surface area contributed by atoms with Crippen LogP contribution in [0.5, 0.6) is 0 Å². The molecule has 0 radical (unpaired) electrons. The Kier molecular flexibility index (Phi) is 11.0. The maximum absolute atomic E-state index is 12.2. The molecule has 0 rings (SSSR count). The van der Waals surface area contributed by atoms with Crippen molar-refractivity contribution in [2.75, 3.05) is 18.6 Å². The van der Waals surface area contributed by atoms with Crippen LogP contribution in [0, 0.1) is 0 Å². The fourth-order valence-electron chi connectivity index (χ4n) is 1.78. The SMILES string of the molecule is CSCCC(NC(=O)C(C)NC(=O)C(N)CC(N)=O)C(=O)NCC(=O)O. The van der Waals surface area contributed by atoms with Crippen molar-refractivity contribution in [1.29, 1.82) is 0 Å². The number of hydrogen-bond acceptors (Lipinski definition) is 7. The van der Waals surface area contributed by atoms with Crippen molar-refractivity contribution < 1.29 is 29.1 Å². The maximum atomic E-state index is 12.2. The minimum atomic E-state index is -1.21. The minimum Gasteiger partial charge on any atom is -0.480 e. The van der Waals surface area contributed by atoms with Gasteiger partial charge in [-0.3, -0.25) is 24.0 Å². The molecule has 3 atom stereocenters. The molecule has 148 valence electrons. The van der Waals surface area contributed by atoms with E-state index in [-0.39, 0.29) is 12.8 Å². The number of thioether (sulfide) groups is 1. The van der Waals surface area contributed by atoms with Gasteiger partial charge in [0.15, 0.2) is 0 Å². The maximum Gasteiger partial charge on any atom is 0.322 e. The fourth-order valence-corrected chi connectivity index (χ4v) is 2.25. The number of carbonyl (C=O) groups excluding carboxylic acids is 4. The second-order valence-corrected chi connectivity index (χ2v) is 6.45. The summed E-state index contributed by atoms with van der Waals surface area (Å²) in [5, 5.41) is 15.6. The lowest BCUT2D eigenvalue weighted by Crippen LogP contribution is -2.55. The molecular formula is C14H25N5O6S. The van der Waals surface area contributed by atoms with E-state index in [9.17, 15) is 24.0 Å². The second-order valence-electron chi connectivity index (χ2n) is 5.46. The average molecular weight is 391 g/mol. The van der Waals surface area contributed by atoms with Gasteiger partial charge in [0.1, 0.15) is 18.6 Å². The molecule has 0 aromatic rings. The van der Waals surface area contributed by atoms with E-state index in [4.69, 9.17) is 16.6 Å². The lowest BCUT2D eigenvalue weighted by atomic mass is 10.1. The molecule has 3 unspecified atom stereocenters. The summed E-state index contributed by atoms with van der Waals surface area (Å²) < 4.78 is 0. The van der Waals surface area contributed by atoms with Gasteiger partial charge >= 0.3 is 5.97 Å². The van der Waals surface area contributed by atoms with Crippen molar-refractivity contribution in [3.63, 3.8) is 0 Å². The number of aliphatic carboxylic acids is 1. The summed E-state index contributed by atoms with van der Waals surface area (Å²) in [5.41, 5.74) is 10.4. The molecule has 0 fully saturated rings. The third kappa shape index (κ3) is 9.84. The van der Waals surface area contributed by atoms with Gasteiger partial charge < -0.3 is 32.5 Å². The predicted molar refractivity (Wildman–Crippen MR) is 95.0 cm³/mol. The summed E-state index contributed by atoms with van der Waals surface area (Å²) in [6.45, 7) is 0.809. The molecule has 0 aliphatic rings. The number of carbonyl (C=O) groups is 5. The molecule has 0 saturated carbocycles. The number of nitrogens with two attached hydrogens (primary N) is 2. The summed E-state index contributed by atoms with van der Waals surface area (Å²) in [4.78, 5) is 57.3. The summed E-state index contributed by atoms with van der Waals surface area (Å²) in [5.74, 6) is -3.44. The van der Waals surface area contributed by atoms with Gasteiger partial charge in [0.25, 0.3) is 0 Å². The minimum absolute atomic E-state index is 0.278. The van der Waals surface area contributed by atoms with Crippen molar-refractivity contribution in [2.24, 2.45) is 11.5 Å². The molecule has 11 nitrogen and oxygen atoms in total. The van der Waals surface area contributed by atoms with E-state index in [2.05, 4.69) is 16.0 Å². The second kappa shape index (κ2) is 12.1. The van der Waals surface area contributed by atoms with Crippen LogP contribution in [0.1, 0.15) is 19.8 Å². The number of rotatable bonds is 12. The van der Waals surface area contributed by atoms with Gasteiger partial charge in [-0.2, -0.15) is 11.8 Å². The number of amides is 4. The standard InChI is InChI=1S/C14H25N5O6S/c1-7(18-13(24)8(15)5-10(16)20)12(23)19-9(3-4-26-2)14(25)17-6-11(21)22/h7-9H,3-6,15H2,1-2H3,(H2,16,20)(H,17,25)(H,18,24)(H,19,23)(H,21,22). The molecule has 0 aromatic heterocycles. The zero-order valence-electron chi connectivity index (χ0n) is 14.6. The third-order valence-electron chi connectivity index (χ3n) is 3.17. The number of carboxylic acids is 1. The third-order valence-corrected chi connectivity index (χ3v) is 3.81. The smallest absolute Gasteiger partial charge is 0.322 e. The van der Waals surface area contributed by atoms with Gasteiger partial charge in [0.2, 0.25) is 23.6 Å². The first-order valence-corrected chi connectivity index (χ1v) is 9.10. The largest absolute Gasteiger partial charge is 0.480 e. The van der Waals surface area contributed by atoms with Crippen LogP contribution in [0.15, 0.2) is 0 Å². The van der Waals surface area contributed by atoms with Crippen molar-refractivity contribution >= 4 is 41.4 Å². The Morgan fingerprint density at radius 2 is 1.69 bits per heavy atom. The molecule has 0 aliphatic carbocycles. The summed E-state index contributed by atoms with van der Waals surface area (Å²) in [7, 11) is 0. The summed E-state index contributed by atoms with van der Waals surface area (Å²) >= 11 is 1.45. The summed E-state index contributed by atoms with van der Waals surface area (Å²) in [6, 6.07) is -3.16. The molecule has 0 aromatic carbocycles. The molecule has 0 saturated heterocycles. The van der Waals surface area contributed by atoms with E-state index in [0.717, 1.165) is 0 Å². The van der Waals surface area contributed by atoms with Crippen LogP contribution < -0.4 is 27.4 Å². The molecule has 0 bridgehead atoms. The molecule has 4 amide bonds. The predicted octanol–water partition coefficient (Wildman–Crippen LogP) is -2.87. The highest BCUT2D eigenvalue weighted by Crippen LogP contribution is 2.02. The number of carboxylic acid groups (broad SMARTS) is 1. The molecular weight excluding hydrogens is 366 g/mol. The van der Waals surface area contributed by atoms with E-state index < -0.39 is 54.3 Å². The van der Waals surface area contributed by atoms with Crippen LogP contribution in [0.4, 0.5) is 0 Å². The first-order chi connectivity index (χ1) is 12.1. The molecule has 0 aliphatic heterocycles. The highest BCUT2D eigenvalue weighted by atomic mass is 32.2. The Bertz CT molecular complexity index is 544. The Labute approximate surface area is 155 Å². The molecule has 12 heteroatoms. The lowest BCUT2D eigenvalue weighted by Gasteiger charge is -2.21. The highest BCUT2D eigenvalue weighted by Gasteiger charge is 2.26. The van der Waals surface area contributed by atoms with Crippen molar-refractivity contribution in [2.45, 2.75) is 37.9 Å². The van der Waals surface area contributed by atoms with Gasteiger partial charge in [-0.15, -0.1) is 0 Å². The molecule has 8 N–H and O–H groups in total. The Balaban J connectivity index is 4.74. The zero-order chi connectivity index (χ0) is 20.3. The van der Waals surface area contributed by atoms with Crippen LogP contribution >= 0.6 is 11.8 Å². The van der Waals surface area contributed by atoms with E-state index >= 15 is 0 Å². The van der Waals surface area contributed by atoms with Gasteiger partial charge in [0.05, 0.1) is 12.5 Å². The molecule has 0 heterocycles.